The standard InChI is InChI=1S/C17H20F3N3O2/c1-25-13-2-3-14-15(8-13)21-11-23(16(14)24)9-12-4-6-22(7-5-12)10-17(18,19)20/h2-3,8,11-12H,4-7,9-10H2,1H3. The molecule has 0 amide bonds. The Labute approximate surface area is 143 Å². The Hall–Kier alpha value is -2.09. The summed E-state index contributed by atoms with van der Waals surface area (Å²) < 4.78 is 44.0. The summed E-state index contributed by atoms with van der Waals surface area (Å²) in [6.45, 7) is 0.418. The molecule has 0 aliphatic carbocycles. The molecule has 5 nitrogen and oxygen atoms in total. The number of ether oxygens (including phenoxy) is 1. The third-order valence-electron chi connectivity index (χ3n) is 4.60. The Balaban J connectivity index is 1.68. The van der Waals surface area contributed by atoms with Crippen molar-refractivity contribution in [3.05, 3.63) is 34.9 Å². The number of methoxy groups -OCH3 is 1. The smallest absolute Gasteiger partial charge is 0.401 e. The Morgan fingerprint density at radius 1 is 1.28 bits per heavy atom. The van der Waals surface area contributed by atoms with Gasteiger partial charge in [0.25, 0.3) is 5.56 Å². The summed E-state index contributed by atoms with van der Waals surface area (Å²) in [6, 6.07) is 5.11. The predicted molar refractivity (Wildman–Crippen MR) is 87.8 cm³/mol. The maximum Gasteiger partial charge on any atom is 0.401 e. The van der Waals surface area contributed by atoms with Gasteiger partial charge >= 0.3 is 6.18 Å². The van der Waals surface area contributed by atoms with Crippen LogP contribution in [0.3, 0.4) is 0 Å². The SMILES string of the molecule is COc1ccc2c(=O)n(CC3CCN(CC(F)(F)F)CC3)cnc2c1. The topological polar surface area (TPSA) is 47.4 Å². The van der Waals surface area contributed by atoms with Gasteiger partial charge in [-0.25, -0.2) is 4.98 Å². The largest absolute Gasteiger partial charge is 0.497 e. The summed E-state index contributed by atoms with van der Waals surface area (Å²) >= 11 is 0. The van der Waals surface area contributed by atoms with Crippen molar-refractivity contribution < 1.29 is 17.9 Å². The van der Waals surface area contributed by atoms with E-state index in [-0.39, 0.29) is 11.5 Å². The molecule has 136 valence electrons. The third kappa shape index (κ3) is 4.31. The van der Waals surface area contributed by atoms with Crippen LogP contribution in [0.25, 0.3) is 10.9 Å². The minimum absolute atomic E-state index is 0.134. The van der Waals surface area contributed by atoms with Crippen LogP contribution in [0.4, 0.5) is 13.2 Å². The van der Waals surface area contributed by atoms with Crippen LogP contribution in [0.15, 0.2) is 29.3 Å². The molecule has 2 heterocycles. The molecular formula is C17H20F3N3O2. The van der Waals surface area contributed by atoms with Crippen molar-refractivity contribution in [1.82, 2.24) is 14.5 Å². The van der Waals surface area contributed by atoms with Crippen molar-refractivity contribution in [3.8, 4) is 5.75 Å². The fourth-order valence-electron chi connectivity index (χ4n) is 3.25. The van der Waals surface area contributed by atoms with Crippen LogP contribution in [0.2, 0.25) is 0 Å². The highest BCUT2D eigenvalue weighted by molar-refractivity contribution is 5.78. The number of piperidine rings is 1. The highest BCUT2D eigenvalue weighted by atomic mass is 19.4. The first-order valence-corrected chi connectivity index (χ1v) is 8.18. The van der Waals surface area contributed by atoms with Crippen molar-refractivity contribution in [1.29, 1.82) is 0 Å². The van der Waals surface area contributed by atoms with Gasteiger partial charge in [-0.3, -0.25) is 14.3 Å². The lowest BCUT2D eigenvalue weighted by atomic mass is 9.96. The van der Waals surface area contributed by atoms with Crippen LogP contribution in [-0.2, 0) is 6.54 Å². The van der Waals surface area contributed by atoms with Gasteiger partial charge in [-0.05, 0) is 44.0 Å². The lowest BCUT2D eigenvalue weighted by molar-refractivity contribution is -0.148. The van der Waals surface area contributed by atoms with Gasteiger partial charge in [-0.15, -0.1) is 0 Å². The minimum Gasteiger partial charge on any atom is -0.497 e. The second kappa shape index (κ2) is 7.03. The van der Waals surface area contributed by atoms with Crippen LogP contribution in [0.5, 0.6) is 5.75 Å². The summed E-state index contributed by atoms with van der Waals surface area (Å²) in [7, 11) is 1.55. The number of likely N-dealkylation sites (tertiary alicyclic amines) is 1. The summed E-state index contributed by atoms with van der Waals surface area (Å²) in [4.78, 5) is 18.3. The molecule has 1 aliphatic heterocycles. The summed E-state index contributed by atoms with van der Waals surface area (Å²) in [5.41, 5.74) is 0.436. The molecule has 1 aromatic heterocycles. The van der Waals surface area contributed by atoms with E-state index in [9.17, 15) is 18.0 Å². The molecule has 1 aromatic carbocycles. The van der Waals surface area contributed by atoms with Crippen molar-refractivity contribution in [3.63, 3.8) is 0 Å². The van der Waals surface area contributed by atoms with Crippen LogP contribution >= 0.6 is 0 Å². The maximum atomic E-state index is 12.6. The first-order valence-electron chi connectivity index (χ1n) is 8.18. The molecule has 1 fully saturated rings. The molecule has 3 rings (SSSR count). The average Bonchev–Trinajstić information content (AvgIpc) is 2.57. The van der Waals surface area contributed by atoms with Gasteiger partial charge in [0.15, 0.2) is 0 Å². The predicted octanol–water partition coefficient (Wildman–Crippen LogP) is 2.68. The Bertz CT molecular complexity index is 796. The van der Waals surface area contributed by atoms with Gasteiger partial charge in [0.05, 0.1) is 30.9 Å². The molecule has 25 heavy (non-hydrogen) atoms. The van der Waals surface area contributed by atoms with Crippen molar-refractivity contribution in [2.75, 3.05) is 26.7 Å². The van der Waals surface area contributed by atoms with Gasteiger partial charge in [-0.2, -0.15) is 13.2 Å². The summed E-state index contributed by atoms with van der Waals surface area (Å²) in [6.07, 6.45) is -1.37. The van der Waals surface area contributed by atoms with Crippen molar-refractivity contribution in [2.24, 2.45) is 5.92 Å². The quantitative estimate of drug-likeness (QED) is 0.846. The van der Waals surface area contributed by atoms with E-state index in [1.807, 2.05) is 0 Å². The fourth-order valence-corrected chi connectivity index (χ4v) is 3.25. The van der Waals surface area contributed by atoms with E-state index in [1.54, 1.807) is 29.9 Å². The van der Waals surface area contributed by atoms with E-state index in [2.05, 4.69) is 4.98 Å². The molecule has 1 aliphatic rings. The Morgan fingerprint density at radius 3 is 2.64 bits per heavy atom. The van der Waals surface area contributed by atoms with Crippen molar-refractivity contribution in [2.45, 2.75) is 25.6 Å². The van der Waals surface area contributed by atoms with E-state index in [0.29, 0.717) is 49.1 Å². The van der Waals surface area contributed by atoms with Crippen molar-refractivity contribution >= 4 is 10.9 Å². The molecule has 0 spiro atoms. The number of rotatable bonds is 4. The highest BCUT2D eigenvalue weighted by Crippen LogP contribution is 2.23. The van der Waals surface area contributed by atoms with Gasteiger partial charge < -0.3 is 4.74 Å². The number of halogens is 3. The minimum atomic E-state index is -4.16. The van der Waals surface area contributed by atoms with Crippen LogP contribution in [0, 0.1) is 5.92 Å². The molecule has 0 saturated carbocycles. The molecule has 0 atom stereocenters. The van der Waals surface area contributed by atoms with E-state index < -0.39 is 12.7 Å². The van der Waals surface area contributed by atoms with E-state index in [4.69, 9.17) is 4.74 Å². The molecule has 0 bridgehead atoms. The molecular weight excluding hydrogens is 335 g/mol. The number of hydrogen-bond donors (Lipinski definition) is 0. The molecule has 8 heteroatoms. The zero-order chi connectivity index (χ0) is 18.0. The summed E-state index contributed by atoms with van der Waals surface area (Å²) in [5, 5.41) is 0.512. The van der Waals surface area contributed by atoms with E-state index in [1.165, 1.54) is 11.2 Å². The zero-order valence-corrected chi connectivity index (χ0v) is 13.9. The number of nitrogens with zero attached hydrogens (tertiary/aromatic N) is 3. The molecule has 0 N–H and O–H groups in total. The van der Waals surface area contributed by atoms with E-state index >= 15 is 0 Å². The van der Waals surface area contributed by atoms with Gasteiger partial charge in [0.1, 0.15) is 5.75 Å². The maximum absolute atomic E-state index is 12.6. The average molecular weight is 355 g/mol. The number of benzene rings is 1. The van der Waals surface area contributed by atoms with Crippen LogP contribution < -0.4 is 10.3 Å². The number of fused-ring (bicyclic) bond motifs is 1. The summed E-state index contributed by atoms with van der Waals surface area (Å²) in [5.74, 6) is 0.814. The normalized spacial score (nSPS) is 17.1. The Morgan fingerprint density at radius 2 is 2.00 bits per heavy atom. The third-order valence-corrected chi connectivity index (χ3v) is 4.60. The molecule has 0 radical (unpaired) electrons. The number of alkyl halides is 3. The second-order valence-electron chi connectivity index (χ2n) is 6.42. The molecule has 0 unspecified atom stereocenters. The molecule has 2 aromatic rings. The highest BCUT2D eigenvalue weighted by Gasteiger charge is 2.32. The first-order chi connectivity index (χ1) is 11.9. The van der Waals surface area contributed by atoms with Crippen LogP contribution in [-0.4, -0.2) is 47.4 Å². The van der Waals surface area contributed by atoms with Gasteiger partial charge in [-0.1, -0.05) is 0 Å². The Kier molecular flexibility index (Phi) is 4.99. The monoisotopic (exact) mass is 355 g/mol. The van der Waals surface area contributed by atoms with E-state index in [0.717, 1.165) is 0 Å². The second-order valence-corrected chi connectivity index (χ2v) is 6.42. The number of aromatic nitrogens is 2. The van der Waals surface area contributed by atoms with Gasteiger partial charge in [0, 0.05) is 12.6 Å². The lowest BCUT2D eigenvalue weighted by Crippen LogP contribution is -2.41. The van der Waals surface area contributed by atoms with Gasteiger partial charge in [0.2, 0.25) is 0 Å². The first kappa shape index (κ1) is 17.7. The molecule has 1 saturated heterocycles. The lowest BCUT2D eigenvalue weighted by Gasteiger charge is -2.32. The number of hydrogen-bond acceptors (Lipinski definition) is 4. The van der Waals surface area contributed by atoms with Crippen LogP contribution in [0.1, 0.15) is 12.8 Å². The fraction of sp³-hybridized carbons (Fsp3) is 0.529. The zero-order valence-electron chi connectivity index (χ0n) is 13.9.